The Morgan fingerprint density at radius 1 is 1.07 bits per heavy atom. The van der Waals surface area contributed by atoms with Gasteiger partial charge in [-0.2, -0.15) is 0 Å². The molecule has 3 rings (SSSR count). The van der Waals surface area contributed by atoms with Gasteiger partial charge in [0, 0.05) is 17.6 Å². The Morgan fingerprint density at radius 2 is 1.72 bits per heavy atom. The molecule has 0 unspecified atom stereocenters. The van der Waals surface area contributed by atoms with E-state index < -0.39 is 6.04 Å². The first-order valence-corrected chi connectivity index (χ1v) is 10.8. The zero-order chi connectivity index (χ0) is 20.6. The fraction of sp³-hybridized carbons (Fsp3) is 0.417. The lowest BCUT2D eigenvalue weighted by molar-refractivity contribution is -0.139. The molecule has 1 fully saturated rings. The van der Waals surface area contributed by atoms with Gasteiger partial charge in [-0.25, -0.2) is 0 Å². The van der Waals surface area contributed by atoms with Crippen LogP contribution in [-0.4, -0.2) is 35.3 Å². The van der Waals surface area contributed by atoms with Crippen molar-refractivity contribution in [3.05, 3.63) is 70.7 Å². The molecule has 0 aromatic heterocycles. The van der Waals surface area contributed by atoms with Gasteiger partial charge in [0.2, 0.25) is 11.8 Å². The lowest BCUT2D eigenvalue weighted by atomic mass is 10.1. The number of amides is 2. The van der Waals surface area contributed by atoms with Gasteiger partial charge in [-0.15, -0.1) is 0 Å². The maximum atomic E-state index is 13.2. The molecule has 0 bridgehead atoms. The van der Waals surface area contributed by atoms with E-state index in [1.165, 1.54) is 0 Å². The molecule has 1 N–H and O–H groups in total. The summed E-state index contributed by atoms with van der Waals surface area (Å²) in [5.41, 5.74) is 1.93. The fourth-order valence-electron chi connectivity index (χ4n) is 3.87. The standard InChI is InChI=1S/C24H29ClN2O2/c1-18(24(29)26-21-12-6-7-13-21)27(16-15-19-9-3-2-4-10-19)23(28)17-20-11-5-8-14-22(20)25/h2-5,8-11,14,18,21H,6-7,12-13,15-17H2,1H3,(H,26,29)/t18-/m0/s1. The van der Waals surface area contributed by atoms with E-state index in [0.29, 0.717) is 18.0 Å². The van der Waals surface area contributed by atoms with E-state index >= 15 is 0 Å². The summed E-state index contributed by atoms with van der Waals surface area (Å²) in [5.74, 6) is -0.152. The van der Waals surface area contributed by atoms with Gasteiger partial charge in [-0.1, -0.05) is 73.0 Å². The maximum Gasteiger partial charge on any atom is 0.242 e. The van der Waals surface area contributed by atoms with Gasteiger partial charge in [0.15, 0.2) is 0 Å². The first kappa shape index (κ1) is 21.4. The van der Waals surface area contributed by atoms with E-state index in [2.05, 4.69) is 5.32 Å². The minimum atomic E-state index is -0.519. The summed E-state index contributed by atoms with van der Waals surface area (Å²) in [6.07, 6.45) is 5.25. The molecule has 4 nitrogen and oxygen atoms in total. The molecular formula is C24H29ClN2O2. The summed E-state index contributed by atoms with van der Waals surface area (Å²) in [5, 5.41) is 3.70. The first-order valence-electron chi connectivity index (χ1n) is 10.4. The number of nitrogens with zero attached hydrogens (tertiary/aromatic N) is 1. The van der Waals surface area contributed by atoms with E-state index in [0.717, 1.165) is 36.8 Å². The summed E-state index contributed by atoms with van der Waals surface area (Å²) >= 11 is 6.25. The molecule has 1 aliphatic carbocycles. The second-order valence-electron chi connectivity index (χ2n) is 7.76. The minimum absolute atomic E-state index is 0.0718. The number of nitrogens with one attached hydrogen (secondary N) is 1. The molecule has 2 aromatic rings. The first-order chi connectivity index (χ1) is 14.0. The second-order valence-corrected chi connectivity index (χ2v) is 8.16. The van der Waals surface area contributed by atoms with E-state index in [4.69, 9.17) is 11.6 Å². The highest BCUT2D eigenvalue weighted by Crippen LogP contribution is 2.19. The van der Waals surface area contributed by atoms with Crippen LogP contribution in [-0.2, 0) is 22.4 Å². The van der Waals surface area contributed by atoms with Crippen LogP contribution in [0.5, 0.6) is 0 Å². The van der Waals surface area contributed by atoms with Crippen LogP contribution in [0, 0.1) is 0 Å². The van der Waals surface area contributed by atoms with Crippen molar-refractivity contribution < 1.29 is 9.59 Å². The Morgan fingerprint density at radius 3 is 2.41 bits per heavy atom. The van der Waals surface area contributed by atoms with Crippen molar-refractivity contribution in [1.82, 2.24) is 10.2 Å². The van der Waals surface area contributed by atoms with Crippen LogP contribution in [0.3, 0.4) is 0 Å². The Balaban J connectivity index is 1.71. The van der Waals surface area contributed by atoms with Crippen LogP contribution < -0.4 is 5.32 Å². The molecule has 2 amide bonds. The largest absolute Gasteiger partial charge is 0.352 e. The number of carbonyl (C=O) groups excluding carboxylic acids is 2. The minimum Gasteiger partial charge on any atom is -0.352 e. The lowest BCUT2D eigenvalue weighted by Crippen LogP contribution is -2.51. The zero-order valence-corrected chi connectivity index (χ0v) is 17.7. The Labute approximate surface area is 178 Å². The summed E-state index contributed by atoms with van der Waals surface area (Å²) in [7, 11) is 0. The lowest BCUT2D eigenvalue weighted by Gasteiger charge is -2.30. The van der Waals surface area contributed by atoms with Gasteiger partial charge in [0.1, 0.15) is 6.04 Å². The average Bonchev–Trinajstić information content (AvgIpc) is 3.23. The Kier molecular flexibility index (Phi) is 7.70. The van der Waals surface area contributed by atoms with Crippen LogP contribution in [0.15, 0.2) is 54.6 Å². The van der Waals surface area contributed by atoms with Gasteiger partial charge in [-0.3, -0.25) is 9.59 Å². The van der Waals surface area contributed by atoms with E-state index in [1.54, 1.807) is 11.0 Å². The Bertz CT molecular complexity index is 819. The molecule has 2 aromatic carbocycles. The van der Waals surface area contributed by atoms with Crippen molar-refractivity contribution in [2.45, 2.75) is 57.5 Å². The van der Waals surface area contributed by atoms with Crippen molar-refractivity contribution in [1.29, 1.82) is 0 Å². The van der Waals surface area contributed by atoms with Gasteiger partial charge < -0.3 is 10.2 Å². The third-order valence-corrected chi connectivity index (χ3v) is 6.02. The van der Waals surface area contributed by atoms with Crippen molar-refractivity contribution in [2.75, 3.05) is 6.54 Å². The van der Waals surface area contributed by atoms with Crippen LogP contribution >= 0.6 is 11.6 Å². The summed E-state index contributed by atoms with van der Waals surface area (Å²) in [6, 6.07) is 17.1. The predicted octanol–water partition coefficient (Wildman–Crippen LogP) is 4.40. The molecule has 1 saturated carbocycles. The van der Waals surface area contributed by atoms with E-state index in [1.807, 2.05) is 55.5 Å². The second kappa shape index (κ2) is 10.4. The maximum absolute atomic E-state index is 13.2. The van der Waals surface area contributed by atoms with Crippen LogP contribution in [0.1, 0.15) is 43.7 Å². The number of halogens is 1. The molecule has 5 heteroatoms. The predicted molar refractivity (Wildman–Crippen MR) is 117 cm³/mol. The van der Waals surface area contributed by atoms with Crippen molar-refractivity contribution in [2.24, 2.45) is 0 Å². The molecule has 0 spiro atoms. The molecule has 29 heavy (non-hydrogen) atoms. The fourth-order valence-corrected chi connectivity index (χ4v) is 4.07. The molecule has 0 saturated heterocycles. The van der Waals surface area contributed by atoms with Crippen molar-refractivity contribution in [3.63, 3.8) is 0 Å². The zero-order valence-electron chi connectivity index (χ0n) is 16.9. The third-order valence-electron chi connectivity index (χ3n) is 5.65. The topological polar surface area (TPSA) is 49.4 Å². The summed E-state index contributed by atoms with van der Waals surface area (Å²) in [4.78, 5) is 27.7. The van der Waals surface area contributed by atoms with Crippen LogP contribution in [0.2, 0.25) is 5.02 Å². The normalized spacial score (nSPS) is 15.1. The molecular weight excluding hydrogens is 384 g/mol. The van der Waals surface area contributed by atoms with Gasteiger partial charge in [0.25, 0.3) is 0 Å². The molecule has 1 atom stereocenters. The molecule has 154 valence electrons. The number of carbonyl (C=O) groups is 2. The third kappa shape index (κ3) is 6.07. The molecule has 1 aliphatic rings. The summed E-state index contributed by atoms with van der Waals surface area (Å²) < 4.78 is 0. The quantitative estimate of drug-likeness (QED) is 0.698. The van der Waals surface area contributed by atoms with Crippen molar-refractivity contribution in [3.8, 4) is 0 Å². The van der Waals surface area contributed by atoms with Gasteiger partial charge >= 0.3 is 0 Å². The molecule has 0 radical (unpaired) electrons. The number of hydrogen-bond acceptors (Lipinski definition) is 2. The number of rotatable bonds is 8. The summed E-state index contributed by atoms with van der Waals surface area (Å²) in [6.45, 7) is 2.31. The monoisotopic (exact) mass is 412 g/mol. The molecule has 0 heterocycles. The van der Waals surface area contributed by atoms with Crippen LogP contribution in [0.25, 0.3) is 0 Å². The SMILES string of the molecule is C[C@@H](C(=O)NC1CCCC1)N(CCc1ccccc1)C(=O)Cc1ccccc1Cl. The highest BCUT2D eigenvalue weighted by Gasteiger charge is 2.28. The number of benzene rings is 2. The highest BCUT2D eigenvalue weighted by atomic mass is 35.5. The smallest absolute Gasteiger partial charge is 0.242 e. The van der Waals surface area contributed by atoms with Gasteiger partial charge in [0.05, 0.1) is 6.42 Å². The number of hydrogen-bond donors (Lipinski definition) is 1. The van der Waals surface area contributed by atoms with Crippen molar-refractivity contribution >= 4 is 23.4 Å². The average molecular weight is 413 g/mol. The highest BCUT2D eigenvalue weighted by molar-refractivity contribution is 6.31. The molecule has 0 aliphatic heterocycles. The van der Waals surface area contributed by atoms with E-state index in [9.17, 15) is 9.59 Å². The van der Waals surface area contributed by atoms with Crippen LogP contribution in [0.4, 0.5) is 0 Å². The Hall–Kier alpha value is -2.33. The van der Waals surface area contributed by atoms with E-state index in [-0.39, 0.29) is 24.3 Å². The van der Waals surface area contributed by atoms with Gasteiger partial charge in [-0.05, 0) is 43.4 Å².